The summed E-state index contributed by atoms with van der Waals surface area (Å²) in [5, 5.41) is 14.0. The summed E-state index contributed by atoms with van der Waals surface area (Å²) in [6, 6.07) is 3.56. The number of hydrogen-bond acceptors (Lipinski definition) is 4. The highest BCUT2D eigenvalue weighted by Gasteiger charge is 2.50. The van der Waals surface area contributed by atoms with Crippen molar-refractivity contribution in [1.82, 2.24) is 5.32 Å². The normalized spacial score (nSPS) is 23.7. The molecule has 2 aliphatic rings. The van der Waals surface area contributed by atoms with Gasteiger partial charge in [-0.3, -0.25) is 4.79 Å². The van der Waals surface area contributed by atoms with E-state index in [0.29, 0.717) is 47.6 Å². The van der Waals surface area contributed by atoms with E-state index in [1.807, 2.05) is 26.8 Å². The number of hydrogen-bond donors (Lipinski definition) is 2. The predicted octanol–water partition coefficient (Wildman–Crippen LogP) is 4.81. The number of rotatable bonds is 7. The van der Waals surface area contributed by atoms with Gasteiger partial charge >= 0.3 is 0 Å². The van der Waals surface area contributed by atoms with Gasteiger partial charge < -0.3 is 19.9 Å². The van der Waals surface area contributed by atoms with Crippen LogP contribution in [0.3, 0.4) is 0 Å². The fourth-order valence-electron chi connectivity index (χ4n) is 4.42. The lowest BCUT2D eigenvalue weighted by Gasteiger charge is -2.39. The molecule has 1 atom stereocenters. The van der Waals surface area contributed by atoms with Crippen LogP contribution in [0.15, 0.2) is 17.9 Å². The second-order valence-electron chi connectivity index (χ2n) is 8.94. The smallest absolute Gasteiger partial charge is 0.261 e. The molecule has 1 aromatic rings. The number of alkyl halides is 2. The van der Waals surface area contributed by atoms with Gasteiger partial charge in [-0.15, -0.1) is 5.92 Å². The molecule has 180 valence electrons. The molecule has 0 aromatic heterocycles. The molecule has 1 fully saturated rings. The van der Waals surface area contributed by atoms with Crippen LogP contribution in [0.2, 0.25) is 5.02 Å². The molecule has 1 saturated carbocycles. The van der Waals surface area contributed by atoms with Crippen molar-refractivity contribution in [1.29, 1.82) is 0 Å². The van der Waals surface area contributed by atoms with Crippen LogP contribution in [-0.4, -0.2) is 42.0 Å². The van der Waals surface area contributed by atoms with E-state index >= 15 is 0 Å². The molecule has 1 aromatic carbocycles. The lowest BCUT2D eigenvalue weighted by Crippen LogP contribution is -2.49. The van der Waals surface area contributed by atoms with E-state index in [0.717, 1.165) is 11.1 Å². The van der Waals surface area contributed by atoms with E-state index in [1.54, 1.807) is 13.0 Å². The molecule has 1 amide bonds. The van der Waals surface area contributed by atoms with Gasteiger partial charge in [0.15, 0.2) is 6.29 Å². The number of amides is 1. The number of aliphatic hydroxyl groups excluding tert-OH is 1. The van der Waals surface area contributed by atoms with Crippen molar-refractivity contribution < 1.29 is 28.2 Å². The molecule has 2 N–H and O–H groups in total. The number of ether oxygens (including phenoxy) is 2. The van der Waals surface area contributed by atoms with E-state index in [4.69, 9.17) is 21.1 Å². The molecular weight excluding hydrogens is 452 g/mol. The standard InChI is InChI=1S/C25H30ClF2NO4/c1-5-6-16-11-15(4)20(18(26)12-16)21-22(33-24(31)14(2)3)25(29-23(21)30)9-7-17(8-10-25)32-13-19(27)28/h11-12,14,17,19,24,31H,7-10,13H2,1-4H3,(H,29,30). The number of benzene rings is 1. The zero-order valence-electron chi connectivity index (χ0n) is 19.3. The van der Waals surface area contributed by atoms with E-state index < -0.39 is 24.9 Å². The molecule has 0 saturated heterocycles. The fourth-order valence-corrected chi connectivity index (χ4v) is 4.78. The maximum atomic E-state index is 13.3. The molecule has 1 unspecified atom stereocenters. The molecule has 1 aliphatic heterocycles. The van der Waals surface area contributed by atoms with Crippen molar-refractivity contribution in [3.63, 3.8) is 0 Å². The first-order valence-corrected chi connectivity index (χ1v) is 11.5. The van der Waals surface area contributed by atoms with Gasteiger partial charge in [-0.1, -0.05) is 31.4 Å². The Hall–Kier alpha value is -2.14. The lowest BCUT2D eigenvalue weighted by atomic mass is 9.79. The quantitative estimate of drug-likeness (QED) is 0.433. The van der Waals surface area contributed by atoms with Crippen LogP contribution in [0, 0.1) is 24.7 Å². The van der Waals surface area contributed by atoms with Gasteiger partial charge in [-0.25, -0.2) is 8.78 Å². The molecule has 1 heterocycles. The summed E-state index contributed by atoms with van der Waals surface area (Å²) in [6.07, 6.45) is -2.15. The van der Waals surface area contributed by atoms with Crippen molar-refractivity contribution in [2.24, 2.45) is 5.92 Å². The van der Waals surface area contributed by atoms with Crippen LogP contribution in [0.1, 0.15) is 63.1 Å². The van der Waals surface area contributed by atoms with Crippen molar-refractivity contribution in [2.45, 2.75) is 77.7 Å². The van der Waals surface area contributed by atoms with E-state index in [1.165, 1.54) is 0 Å². The molecule has 1 aliphatic carbocycles. The number of nitrogens with one attached hydrogen (secondary N) is 1. The van der Waals surface area contributed by atoms with Gasteiger partial charge in [0, 0.05) is 17.0 Å². The Morgan fingerprint density at radius 2 is 1.97 bits per heavy atom. The molecule has 5 nitrogen and oxygen atoms in total. The summed E-state index contributed by atoms with van der Waals surface area (Å²) in [6.45, 7) is 6.59. The average molecular weight is 482 g/mol. The Labute approximate surface area is 198 Å². The lowest BCUT2D eigenvalue weighted by molar-refractivity contribution is -0.119. The molecule has 1 spiro atoms. The minimum atomic E-state index is -2.52. The number of halogens is 3. The third kappa shape index (κ3) is 5.51. The summed E-state index contributed by atoms with van der Waals surface area (Å²) >= 11 is 6.61. The Morgan fingerprint density at radius 3 is 2.52 bits per heavy atom. The molecule has 0 radical (unpaired) electrons. The fraction of sp³-hybridized carbons (Fsp3) is 0.560. The molecule has 8 heteroatoms. The third-order valence-corrected chi connectivity index (χ3v) is 6.40. The number of carbonyl (C=O) groups is 1. The van der Waals surface area contributed by atoms with Crippen LogP contribution in [0.5, 0.6) is 0 Å². The first-order chi connectivity index (χ1) is 15.6. The summed E-state index contributed by atoms with van der Waals surface area (Å²) in [4.78, 5) is 13.3. The van der Waals surface area contributed by atoms with Gasteiger partial charge in [0.2, 0.25) is 0 Å². The van der Waals surface area contributed by atoms with E-state index in [9.17, 15) is 18.7 Å². The highest BCUT2D eigenvalue weighted by atomic mass is 35.5. The molecular formula is C25H30ClF2NO4. The zero-order valence-corrected chi connectivity index (χ0v) is 20.1. The van der Waals surface area contributed by atoms with Crippen molar-refractivity contribution in [2.75, 3.05) is 6.61 Å². The largest absolute Gasteiger partial charge is 0.466 e. The average Bonchev–Trinajstić information content (AvgIpc) is 2.98. The summed E-state index contributed by atoms with van der Waals surface area (Å²) in [7, 11) is 0. The monoisotopic (exact) mass is 481 g/mol. The number of aliphatic hydroxyl groups is 1. The van der Waals surface area contributed by atoms with Crippen LogP contribution in [0.25, 0.3) is 5.57 Å². The predicted molar refractivity (Wildman–Crippen MR) is 123 cm³/mol. The van der Waals surface area contributed by atoms with Gasteiger partial charge in [-0.05, 0) is 57.2 Å². The Balaban J connectivity index is 2.04. The summed E-state index contributed by atoms with van der Waals surface area (Å²) in [5.41, 5.74) is 1.47. The SMILES string of the molecule is CC#Cc1cc(C)c(C2=C(OC(O)C(C)C)C3(CCC(OCC(F)F)CC3)NC2=O)c(Cl)c1. The van der Waals surface area contributed by atoms with Crippen LogP contribution >= 0.6 is 11.6 Å². The van der Waals surface area contributed by atoms with E-state index in [2.05, 4.69) is 17.2 Å². The third-order valence-electron chi connectivity index (χ3n) is 6.10. The van der Waals surface area contributed by atoms with Crippen LogP contribution in [0.4, 0.5) is 8.78 Å². The van der Waals surface area contributed by atoms with Crippen molar-refractivity contribution in [3.05, 3.63) is 39.6 Å². The Bertz CT molecular complexity index is 965. The van der Waals surface area contributed by atoms with Crippen LogP contribution < -0.4 is 5.32 Å². The maximum Gasteiger partial charge on any atom is 0.261 e. The minimum absolute atomic E-state index is 0.212. The Kier molecular flexibility index (Phi) is 8.04. The first kappa shape index (κ1) is 25.5. The summed E-state index contributed by atoms with van der Waals surface area (Å²) < 4.78 is 36.4. The molecule has 0 bridgehead atoms. The summed E-state index contributed by atoms with van der Waals surface area (Å²) in [5.74, 6) is 5.60. The minimum Gasteiger partial charge on any atom is -0.466 e. The number of carbonyl (C=O) groups excluding carboxylic acids is 1. The van der Waals surface area contributed by atoms with Gasteiger partial charge in [0.05, 0.1) is 22.2 Å². The van der Waals surface area contributed by atoms with Crippen molar-refractivity contribution >= 4 is 23.1 Å². The zero-order chi connectivity index (χ0) is 24.3. The molecule has 33 heavy (non-hydrogen) atoms. The highest BCUT2D eigenvalue weighted by molar-refractivity contribution is 6.36. The van der Waals surface area contributed by atoms with Crippen LogP contribution in [-0.2, 0) is 14.3 Å². The van der Waals surface area contributed by atoms with Gasteiger partial charge in [0.1, 0.15) is 12.4 Å². The second-order valence-corrected chi connectivity index (χ2v) is 9.35. The van der Waals surface area contributed by atoms with Gasteiger partial charge in [0.25, 0.3) is 12.3 Å². The first-order valence-electron chi connectivity index (χ1n) is 11.1. The second kappa shape index (κ2) is 10.4. The molecule has 3 rings (SSSR count). The topological polar surface area (TPSA) is 67.8 Å². The van der Waals surface area contributed by atoms with Gasteiger partial charge in [-0.2, -0.15) is 0 Å². The van der Waals surface area contributed by atoms with E-state index in [-0.39, 0.29) is 17.9 Å². The van der Waals surface area contributed by atoms with Crippen molar-refractivity contribution in [3.8, 4) is 11.8 Å². The number of aryl methyl sites for hydroxylation is 1. The highest BCUT2D eigenvalue weighted by Crippen LogP contribution is 2.46. The Morgan fingerprint density at radius 1 is 1.30 bits per heavy atom. The maximum absolute atomic E-state index is 13.3.